The van der Waals surface area contributed by atoms with Crippen molar-refractivity contribution in [1.29, 1.82) is 0 Å². The highest BCUT2D eigenvalue weighted by Gasteiger charge is 2.31. The SMILES string of the molecule is CN1/C(=C/C(=O)c2ccc(-c3ccccc3)cc2)Sc2c(-c3cccc4ccc5c(c34)N(C)/C(=C/C(=O)c3ccccc3)S5)cc3ccccc3c21. The van der Waals surface area contributed by atoms with Crippen molar-refractivity contribution in [3.05, 3.63) is 179 Å². The lowest BCUT2D eigenvalue weighted by atomic mass is 9.93. The number of fused-ring (bicyclic) bond motifs is 6. The van der Waals surface area contributed by atoms with Gasteiger partial charge in [-0.3, -0.25) is 9.59 Å². The molecule has 7 aromatic carbocycles. The molecule has 0 fully saturated rings. The summed E-state index contributed by atoms with van der Waals surface area (Å²) in [7, 11) is 4.10. The van der Waals surface area contributed by atoms with Gasteiger partial charge in [0.05, 0.1) is 21.4 Å². The second-order valence-electron chi connectivity index (χ2n) is 13.0. The monoisotopic (exact) mass is 708 g/mol. The molecule has 4 nitrogen and oxygen atoms in total. The van der Waals surface area contributed by atoms with Crippen LogP contribution in [0.2, 0.25) is 0 Å². The third kappa shape index (κ3) is 5.52. The zero-order valence-electron chi connectivity index (χ0n) is 28.5. The summed E-state index contributed by atoms with van der Waals surface area (Å²) in [6.07, 6.45) is 3.52. The average Bonchev–Trinajstić information content (AvgIpc) is 3.69. The van der Waals surface area contributed by atoms with Crippen LogP contribution >= 0.6 is 23.5 Å². The van der Waals surface area contributed by atoms with E-state index in [2.05, 4.69) is 89.6 Å². The fourth-order valence-corrected chi connectivity index (χ4v) is 9.52. The first-order valence-electron chi connectivity index (χ1n) is 17.1. The molecule has 52 heavy (non-hydrogen) atoms. The predicted molar refractivity (Wildman–Crippen MR) is 219 cm³/mol. The van der Waals surface area contributed by atoms with Crippen LogP contribution in [-0.2, 0) is 0 Å². The molecule has 0 bridgehead atoms. The van der Waals surface area contributed by atoms with Crippen LogP contribution in [0.25, 0.3) is 43.8 Å². The zero-order valence-corrected chi connectivity index (χ0v) is 30.2. The summed E-state index contributed by atoms with van der Waals surface area (Å²) in [5, 5.41) is 6.31. The Hall–Kier alpha value is -5.82. The van der Waals surface area contributed by atoms with E-state index in [0.717, 1.165) is 75.0 Å². The van der Waals surface area contributed by atoms with Crippen LogP contribution in [0.15, 0.2) is 178 Å². The van der Waals surface area contributed by atoms with Crippen LogP contribution in [0.1, 0.15) is 20.7 Å². The van der Waals surface area contributed by atoms with E-state index in [-0.39, 0.29) is 11.6 Å². The topological polar surface area (TPSA) is 40.6 Å². The molecular weight excluding hydrogens is 677 g/mol. The van der Waals surface area contributed by atoms with Crippen LogP contribution < -0.4 is 9.80 Å². The molecular formula is C46H32N2O2S2. The van der Waals surface area contributed by atoms with Gasteiger partial charge in [-0.2, -0.15) is 0 Å². The molecule has 0 aliphatic carbocycles. The van der Waals surface area contributed by atoms with Crippen molar-refractivity contribution in [3.63, 3.8) is 0 Å². The van der Waals surface area contributed by atoms with Gasteiger partial charge in [-0.1, -0.05) is 157 Å². The third-order valence-corrected chi connectivity index (χ3v) is 12.2. The maximum Gasteiger partial charge on any atom is 0.188 e. The molecule has 0 N–H and O–H groups in total. The minimum absolute atomic E-state index is 0.0138. The number of anilines is 2. The van der Waals surface area contributed by atoms with Crippen molar-refractivity contribution in [1.82, 2.24) is 0 Å². The predicted octanol–water partition coefficient (Wildman–Crippen LogP) is 11.9. The number of thioether (sulfide) groups is 2. The Morgan fingerprint density at radius 3 is 1.87 bits per heavy atom. The molecule has 2 aliphatic heterocycles. The van der Waals surface area contributed by atoms with Gasteiger partial charge in [-0.15, -0.1) is 0 Å². The number of carbonyl (C=O) groups is 2. The summed E-state index contributed by atoms with van der Waals surface area (Å²) in [5.41, 5.74) is 7.95. The zero-order chi connectivity index (χ0) is 35.3. The molecule has 0 radical (unpaired) electrons. The van der Waals surface area contributed by atoms with Gasteiger partial charge in [0, 0.05) is 57.9 Å². The van der Waals surface area contributed by atoms with Gasteiger partial charge >= 0.3 is 0 Å². The quantitative estimate of drug-likeness (QED) is 0.127. The molecule has 0 saturated carbocycles. The van der Waals surface area contributed by atoms with Gasteiger partial charge in [0.15, 0.2) is 11.6 Å². The van der Waals surface area contributed by atoms with Crippen molar-refractivity contribution >= 4 is 68.0 Å². The molecule has 250 valence electrons. The van der Waals surface area contributed by atoms with Crippen molar-refractivity contribution in [2.75, 3.05) is 23.9 Å². The summed E-state index contributed by atoms with van der Waals surface area (Å²) in [4.78, 5) is 33.5. The van der Waals surface area contributed by atoms with Crippen LogP contribution in [-0.4, -0.2) is 25.7 Å². The highest BCUT2D eigenvalue weighted by atomic mass is 32.2. The van der Waals surface area contributed by atoms with Gasteiger partial charge in [-0.25, -0.2) is 0 Å². The van der Waals surface area contributed by atoms with E-state index in [1.807, 2.05) is 79.8 Å². The maximum atomic E-state index is 13.7. The lowest BCUT2D eigenvalue weighted by molar-refractivity contribution is 0.103. The van der Waals surface area contributed by atoms with Crippen LogP contribution in [0, 0.1) is 0 Å². The lowest BCUT2D eigenvalue weighted by Gasteiger charge is -2.20. The summed E-state index contributed by atoms with van der Waals surface area (Å²) >= 11 is 3.27. The molecule has 2 aliphatic rings. The smallest absolute Gasteiger partial charge is 0.188 e. The van der Waals surface area contributed by atoms with Gasteiger partial charge in [0.25, 0.3) is 0 Å². The highest BCUT2D eigenvalue weighted by molar-refractivity contribution is 8.04. The maximum absolute atomic E-state index is 13.7. The number of hydrogen-bond donors (Lipinski definition) is 0. The Morgan fingerprint density at radius 2 is 1.12 bits per heavy atom. The van der Waals surface area contributed by atoms with Gasteiger partial charge in [-0.05, 0) is 45.2 Å². The van der Waals surface area contributed by atoms with Gasteiger partial charge < -0.3 is 9.80 Å². The molecule has 0 unspecified atom stereocenters. The molecule has 0 saturated heterocycles. The van der Waals surface area contributed by atoms with Crippen molar-refractivity contribution < 1.29 is 9.59 Å². The summed E-state index contributed by atoms with van der Waals surface area (Å²) in [6.45, 7) is 0. The van der Waals surface area contributed by atoms with E-state index < -0.39 is 0 Å². The fourth-order valence-electron chi connectivity index (χ4n) is 7.20. The molecule has 7 aromatic rings. The molecule has 0 spiro atoms. The van der Waals surface area contributed by atoms with Crippen LogP contribution in [0.5, 0.6) is 0 Å². The number of ketones is 2. The lowest BCUT2D eigenvalue weighted by Crippen LogP contribution is -2.12. The fraction of sp³-hybridized carbons (Fsp3) is 0.0435. The van der Waals surface area contributed by atoms with E-state index in [4.69, 9.17) is 0 Å². The first kappa shape index (κ1) is 32.1. The average molecular weight is 709 g/mol. The van der Waals surface area contributed by atoms with E-state index >= 15 is 0 Å². The Balaban J connectivity index is 1.13. The molecule has 9 rings (SSSR count). The largest absolute Gasteiger partial charge is 0.338 e. The second kappa shape index (κ2) is 13.1. The van der Waals surface area contributed by atoms with Crippen LogP contribution in [0.3, 0.4) is 0 Å². The standard InChI is InChI=1S/C46H32N2O2S2/c1-47-42(28-39(50)32-22-20-30(21-23-32)29-12-5-3-6-13-29)52-46-37(26-34-16-9-10-18-35(34)44(46)47)36-19-11-17-33-24-25-40-45(43(33)36)48(2)41(51-40)27-38(49)31-14-7-4-8-15-31/h3-28H,1-2H3/b41-27-,42-28-. The Kier molecular flexibility index (Phi) is 8.06. The molecule has 0 amide bonds. The summed E-state index contributed by atoms with van der Waals surface area (Å²) < 4.78 is 0. The van der Waals surface area contributed by atoms with Crippen LogP contribution in [0.4, 0.5) is 11.4 Å². The second-order valence-corrected chi connectivity index (χ2v) is 15.1. The number of carbonyl (C=O) groups excluding carboxylic acids is 2. The summed E-state index contributed by atoms with van der Waals surface area (Å²) in [5.74, 6) is -0.0429. The Labute approximate surface area is 311 Å². The highest BCUT2D eigenvalue weighted by Crippen LogP contribution is 2.56. The van der Waals surface area contributed by atoms with Crippen molar-refractivity contribution in [3.8, 4) is 22.3 Å². The van der Waals surface area contributed by atoms with E-state index in [1.165, 1.54) is 0 Å². The summed E-state index contributed by atoms with van der Waals surface area (Å²) in [6, 6.07) is 49.0. The molecule has 0 atom stereocenters. The number of rotatable bonds is 6. The van der Waals surface area contributed by atoms with E-state index in [1.54, 1.807) is 35.7 Å². The minimum Gasteiger partial charge on any atom is -0.338 e. The third-order valence-electron chi connectivity index (χ3n) is 9.84. The number of hydrogen-bond acceptors (Lipinski definition) is 6. The molecule has 2 heterocycles. The first-order chi connectivity index (χ1) is 25.4. The number of nitrogens with zero attached hydrogens (tertiary/aromatic N) is 2. The first-order valence-corrected chi connectivity index (χ1v) is 18.8. The Bertz CT molecular complexity index is 2630. The van der Waals surface area contributed by atoms with Gasteiger partial charge in [0.1, 0.15) is 0 Å². The normalized spacial score (nSPS) is 15.1. The molecule has 0 aromatic heterocycles. The molecule has 6 heteroatoms. The Morgan fingerprint density at radius 1 is 0.519 bits per heavy atom. The van der Waals surface area contributed by atoms with Gasteiger partial charge in [0.2, 0.25) is 0 Å². The van der Waals surface area contributed by atoms with E-state index in [9.17, 15) is 9.59 Å². The van der Waals surface area contributed by atoms with Crippen molar-refractivity contribution in [2.45, 2.75) is 9.79 Å². The number of benzene rings is 7. The minimum atomic E-state index is -0.0291. The van der Waals surface area contributed by atoms with E-state index in [0.29, 0.717) is 11.1 Å². The number of allylic oxidation sites excluding steroid dienone is 2. The van der Waals surface area contributed by atoms with Crippen molar-refractivity contribution in [2.24, 2.45) is 0 Å².